The first kappa shape index (κ1) is 19.4. The number of aromatic nitrogens is 1. The molecule has 0 radical (unpaired) electrons. The van der Waals surface area contributed by atoms with Crippen molar-refractivity contribution in [3.05, 3.63) is 83.2 Å². The molecule has 1 heterocycles. The number of pyridine rings is 1. The Morgan fingerprint density at radius 2 is 1.75 bits per heavy atom. The van der Waals surface area contributed by atoms with Gasteiger partial charge in [-0.3, -0.25) is 9.78 Å². The fourth-order valence-corrected chi connectivity index (χ4v) is 3.17. The maximum atomic E-state index is 12.5. The predicted octanol–water partition coefficient (Wildman–Crippen LogP) is 4.42. The van der Waals surface area contributed by atoms with E-state index in [-0.39, 0.29) is 5.91 Å². The van der Waals surface area contributed by atoms with Gasteiger partial charge in [0.05, 0.1) is 24.6 Å². The molecule has 3 aromatic rings. The minimum Gasteiger partial charge on any atom is -0.496 e. The van der Waals surface area contributed by atoms with Gasteiger partial charge in [-0.2, -0.15) is 0 Å². The molecule has 0 spiro atoms. The van der Waals surface area contributed by atoms with Crippen molar-refractivity contribution in [2.24, 2.45) is 0 Å². The van der Waals surface area contributed by atoms with Crippen LogP contribution in [0.15, 0.2) is 60.9 Å². The van der Waals surface area contributed by atoms with Crippen LogP contribution in [-0.4, -0.2) is 24.5 Å². The van der Waals surface area contributed by atoms with Crippen molar-refractivity contribution in [2.75, 3.05) is 19.0 Å². The molecule has 0 atom stereocenters. The second-order valence-electron chi connectivity index (χ2n) is 6.78. The Bertz CT molecular complexity index is 949. The number of hydrogen-bond acceptors (Lipinski definition) is 4. The number of methoxy groups -OCH3 is 1. The minimum absolute atomic E-state index is 0.147. The van der Waals surface area contributed by atoms with Crippen molar-refractivity contribution in [3.8, 4) is 5.75 Å². The van der Waals surface area contributed by atoms with E-state index in [4.69, 9.17) is 4.74 Å². The average Bonchev–Trinajstić information content (AvgIpc) is 2.67. The van der Waals surface area contributed by atoms with Crippen LogP contribution >= 0.6 is 0 Å². The Morgan fingerprint density at radius 3 is 2.50 bits per heavy atom. The van der Waals surface area contributed by atoms with Gasteiger partial charge < -0.3 is 15.4 Å². The normalized spacial score (nSPS) is 10.4. The van der Waals surface area contributed by atoms with E-state index >= 15 is 0 Å². The van der Waals surface area contributed by atoms with Gasteiger partial charge in [-0.05, 0) is 61.2 Å². The highest BCUT2D eigenvalue weighted by atomic mass is 16.5. The maximum Gasteiger partial charge on any atom is 0.252 e. The smallest absolute Gasteiger partial charge is 0.252 e. The number of aryl methyl sites for hydroxylation is 2. The van der Waals surface area contributed by atoms with Crippen molar-refractivity contribution in [1.82, 2.24) is 10.3 Å². The van der Waals surface area contributed by atoms with Gasteiger partial charge in [0.1, 0.15) is 5.75 Å². The van der Waals surface area contributed by atoms with Crippen molar-refractivity contribution in [2.45, 2.75) is 20.3 Å². The lowest BCUT2D eigenvalue weighted by Gasteiger charge is -2.11. The van der Waals surface area contributed by atoms with Gasteiger partial charge in [-0.15, -0.1) is 0 Å². The first-order valence-corrected chi connectivity index (χ1v) is 9.25. The van der Waals surface area contributed by atoms with Crippen molar-refractivity contribution < 1.29 is 9.53 Å². The van der Waals surface area contributed by atoms with Gasteiger partial charge in [0.2, 0.25) is 0 Å². The molecule has 0 fully saturated rings. The Kier molecular flexibility index (Phi) is 6.27. The first-order valence-electron chi connectivity index (χ1n) is 9.25. The van der Waals surface area contributed by atoms with Crippen molar-refractivity contribution in [3.63, 3.8) is 0 Å². The van der Waals surface area contributed by atoms with E-state index < -0.39 is 0 Å². The summed E-state index contributed by atoms with van der Waals surface area (Å²) < 4.78 is 5.35. The van der Waals surface area contributed by atoms with Crippen LogP contribution in [0.1, 0.15) is 27.0 Å². The lowest BCUT2D eigenvalue weighted by Crippen LogP contribution is -2.26. The summed E-state index contributed by atoms with van der Waals surface area (Å²) >= 11 is 0. The summed E-state index contributed by atoms with van der Waals surface area (Å²) in [6.07, 6.45) is 3.98. The number of ether oxygens (including phenoxy) is 1. The highest BCUT2D eigenvalue weighted by Crippen LogP contribution is 2.20. The fourth-order valence-electron chi connectivity index (χ4n) is 3.17. The zero-order valence-corrected chi connectivity index (χ0v) is 16.5. The van der Waals surface area contributed by atoms with Crippen molar-refractivity contribution in [1.29, 1.82) is 0 Å². The Morgan fingerprint density at radius 1 is 1.00 bits per heavy atom. The van der Waals surface area contributed by atoms with Gasteiger partial charge in [-0.1, -0.05) is 24.3 Å². The Labute approximate surface area is 165 Å². The van der Waals surface area contributed by atoms with Crippen LogP contribution in [0.3, 0.4) is 0 Å². The van der Waals surface area contributed by atoms with E-state index in [1.165, 1.54) is 11.1 Å². The third-order valence-electron chi connectivity index (χ3n) is 4.38. The van der Waals surface area contributed by atoms with Crippen LogP contribution in [0, 0.1) is 13.8 Å². The quantitative estimate of drug-likeness (QED) is 0.641. The molecule has 3 rings (SSSR count). The number of amides is 1. The van der Waals surface area contributed by atoms with Crippen molar-refractivity contribution >= 4 is 17.3 Å². The minimum atomic E-state index is -0.147. The SMILES string of the molecule is COc1ccccc1CCNC(=O)c1cncc(Nc2cc(C)cc(C)c2)c1. The molecule has 0 saturated carbocycles. The highest BCUT2D eigenvalue weighted by Gasteiger charge is 2.08. The van der Waals surface area contributed by atoms with Crippen LogP contribution in [0.5, 0.6) is 5.75 Å². The third kappa shape index (κ3) is 5.10. The van der Waals surface area contributed by atoms with Crippen LogP contribution in [0.4, 0.5) is 11.4 Å². The molecule has 0 aliphatic heterocycles. The lowest BCUT2D eigenvalue weighted by atomic mass is 10.1. The summed E-state index contributed by atoms with van der Waals surface area (Å²) in [4.78, 5) is 16.7. The standard InChI is InChI=1S/C23H25N3O2/c1-16-10-17(2)12-20(11-16)26-21-13-19(14-24-15-21)23(27)25-9-8-18-6-4-5-7-22(18)28-3/h4-7,10-15,26H,8-9H2,1-3H3,(H,25,27). The third-order valence-corrected chi connectivity index (χ3v) is 4.38. The molecule has 5 nitrogen and oxygen atoms in total. The maximum absolute atomic E-state index is 12.5. The summed E-state index contributed by atoms with van der Waals surface area (Å²) in [6, 6.07) is 15.9. The molecule has 144 valence electrons. The number of carbonyl (C=O) groups excluding carboxylic acids is 1. The van der Waals surface area contributed by atoms with E-state index in [1.807, 2.05) is 30.3 Å². The molecule has 2 N–H and O–H groups in total. The Hall–Kier alpha value is -3.34. The van der Waals surface area contributed by atoms with Gasteiger partial charge >= 0.3 is 0 Å². The number of para-hydroxylation sites is 1. The van der Waals surface area contributed by atoms with Gasteiger partial charge in [0.25, 0.3) is 5.91 Å². The van der Waals surface area contributed by atoms with Crippen LogP contribution in [0.2, 0.25) is 0 Å². The molecule has 0 aliphatic rings. The molecule has 28 heavy (non-hydrogen) atoms. The average molecular weight is 375 g/mol. The van der Waals surface area contributed by atoms with E-state index in [2.05, 4.69) is 47.7 Å². The molecule has 5 heteroatoms. The molecule has 0 aliphatic carbocycles. The number of carbonyl (C=O) groups is 1. The van der Waals surface area contributed by atoms with Crippen LogP contribution < -0.4 is 15.4 Å². The lowest BCUT2D eigenvalue weighted by molar-refractivity contribution is 0.0953. The molecule has 0 saturated heterocycles. The number of anilines is 2. The summed E-state index contributed by atoms with van der Waals surface area (Å²) in [5, 5.41) is 6.26. The van der Waals surface area contributed by atoms with E-state index in [1.54, 1.807) is 19.5 Å². The number of benzene rings is 2. The highest BCUT2D eigenvalue weighted by molar-refractivity contribution is 5.94. The van der Waals surface area contributed by atoms with Crippen LogP contribution in [0.25, 0.3) is 0 Å². The van der Waals surface area contributed by atoms with E-state index in [0.717, 1.165) is 22.7 Å². The summed E-state index contributed by atoms with van der Waals surface area (Å²) in [5.41, 5.74) is 5.71. The number of hydrogen-bond donors (Lipinski definition) is 2. The molecule has 0 bridgehead atoms. The number of nitrogens with zero attached hydrogens (tertiary/aromatic N) is 1. The monoisotopic (exact) mass is 375 g/mol. The molecule has 1 aromatic heterocycles. The largest absolute Gasteiger partial charge is 0.496 e. The summed E-state index contributed by atoms with van der Waals surface area (Å²) in [6.45, 7) is 4.64. The summed E-state index contributed by atoms with van der Waals surface area (Å²) in [5.74, 6) is 0.685. The predicted molar refractivity (Wildman–Crippen MR) is 112 cm³/mol. The number of rotatable bonds is 7. The van der Waals surface area contributed by atoms with Gasteiger partial charge in [0.15, 0.2) is 0 Å². The zero-order valence-electron chi connectivity index (χ0n) is 16.5. The molecule has 2 aromatic carbocycles. The second-order valence-corrected chi connectivity index (χ2v) is 6.78. The zero-order chi connectivity index (χ0) is 19.9. The molecule has 0 unspecified atom stereocenters. The van der Waals surface area contributed by atoms with E-state index in [9.17, 15) is 4.79 Å². The van der Waals surface area contributed by atoms with Gasteiger partial charge in [0, 0.05) is 18.4 Å². The topological polar surface area (TPSA) is 63.2 Å². The number of nitrogens with one attached hydrogen (secondary N) is 2. The second kappa shape index (κ2) is 9.04. The molecular weight excluding hydrogens is 350 g/mol. The first-order chi connectivity index (χ1) is 13.5. The van der Waals surface area contributed by atoms with Crippen LogP contribution in [-0.2, 0) is 6.42 Å². The van der Waals surface area contributed by atoms with Gasteiger partial charge in [-0.25, -0.2) is 0 Å². The molecular formula is C23H25N3O2. The molecule has 1 amide bonds. The Balaban J connectivity index is 1.62. The summed E-state index contributed by atoms with van der Waals surface area (Å²) in [7, 11) is 1.65. The fraction of sp³-hybridized carbons (Fsp3) is 0.217. The van der Waals surface area contributed by atoms with E-state index in [0.29, 0.717) is 18.5 Å².